The van der Waals surface area contributed by atoms with E-state index in [1.807, 2.05) is 5.92 Å². The highest BCUT2D eigenvalue weighted by atomic mass is 35.5. The van der Waals surface area contributed by atoms with Gasteiger partial charge in [0.25, 0.3) is 0 Å². The number of carbonyl (C=O) groups excluding carboxylic acids is 2. The first-order chi connectivity index (χ1) is 4.72. The molecule has 0 saturated heterocycles. The Bertz CT molecular complexity index is 199. The second-order valence-electron chi connectivity index (χ2n) is 1.27. The zero-order valence-electron chi connectivity index (χ0n) is 5.31. The van der Waals surface area contributed by atoms with Gasteiger partial charge in [0.1, 0.15) is 0 Å². The number of carbonyl (C=O) groups is 2. The molecule has 0 N–H and O–H groups in total. The van der Waals surface area contributed by atoms with Gasteiger partial charge in [-0.05, 0) is 18.5 Å². The fourth-order valence-electron chi connectivity index (χ4n) is 0.291. The van der Waals surface area contributed by atoms with Crippen molar-refractivity contribution in [2.75, 3.05) is 6.61 Å². The largest absolute Gasteiger partial charge is 0.459 e. The van der Waals surface area contributed by atoms with Crippen molar-refractivity contribution in [3.05, 3.63) is 0 Å². The third kappa shape index (κ3) is 3.10. The number of ether oxygens (including phenoxy) is 1. The molecule has 0 saturated carbocycles. The smallest absolute Gasteiger partial charge is 0.388 e. The summed E-state index contributed by atoms with van der Waals surface area (Å²) in [4.78, 5) is 20.8. The minimum Gasteiger partial charge on any atom is -0.459 e. The standard InChI is InChI=1S/C6H5ClO3/c1-2-10-6(9)5(8)3-4-7/h2H2,1H3. The van der Waals surface area contributed by atoms with Crippen LogP contribution in [0.25, 0.3) is 0 Å². The minimum atomic E-state index is -0.962. The Balaban J connectivity index is 3.92. The molecule has 0 fully saturated rings. The van der Waals surface area contributed by atoms with Crippen LogP contribution in [0.1, 0.15) is 6.92 Å². The van der Waals surface area contributed by atoms with Crippen molar-refractivity contribution < 1.29 is 14.3 Å². The summed E-state index contributed by atoms with van der Waals surface area (Å²) in [6.07, 6.45) is 0. The van der Waals surface area contributed by atoms with E-state index in [1.165, 1.54) is 0 Å². The Morgan fingerprint density at radius 1 is 1.60 bits per heavy atom. The summed E-state index contributed by atoms with van der Waals surface area (Å²) >= 11 is 4.85. The summed E-state index contributed by atoms with van der Waals surface area (Å²) in [5.41, 5.74) is 0. The summed E-state index contributed by atoms with van der Waals surface area (Å²) in [7, 11) is 0. The number of hydrogen-bond donors (Lipinski definition) is 0. The van der Waals surface area contributed by atoms with Crippen LogP contribution in [0, 0.1) is 11.3 Å². The van der Waals surface area contributed by atoms with E-state index >= 15 is 0 Å². The highest BCUT2D eigenvalue weighted by molar-refractivity contribution is 6.43. The van der Waals surface area contributed by atoms with E-state index < -0.39 is 11.8 Å². The zero-order chi connectivity index (χ0) is 7.98. The molecule has 0 aromatic rings. The molecule has 0 aliphatic heterocycles. The topological polar surface area (TPSA) is 43.4 Å². The van der Waals surface area contributed by atoms with E-state index in [9.17, 15) is 9.59 Å². The van der Waals surface area contributed by atoms with Crippen LogP contribution in [-0.4, -0.2) is 18.4 Å². The molecule has 0 aliphatic carbocycles. The van der Waals surface area contributed by atoms with Crippen LogP contribution < -0.4 is 0 Å². The second kappa shape index (κ2) is 4.83. The number of Topliss-reactive ketones (excluding diaryl/α,β-unsaturated/α-hetero) is 1. The van der Waals surface area contributed by atoms with Gasteiger partial charge in [0.2, 0.25) is 0 Å². The van der Waals surface area contributed by atoms with Gasteiger partial charge in [-0.2, -0.15) is 0 Å². The molecule has 0 bridgehead atoms. The van der Waals surface area contributed by atoms with E-state index in [1.54, 1.807) is 12.3 Å². The molecule has 0 aliphatic rings. The van der Waals surface area contributed by atoms with Gasteiger partial charge in [-0.1, -0.05) is 0 Å². The summed E-state index contributed by atoms with van der Waals surface area (Å²) in [5, 5.41) is 1.78. The molecule has 0 aromatic heterocycles. The molecule has 0 unspecified atom stereocenters. The fraction of sp³-hybridized carbons (Fsp3) is 0.333. The Morgan fingerprint density at radius 2 is 2.20 bits per heavy atom. The molecule has 0 spiro atoms. The van der Waals surface area contributed by atoms with E-state index in [0.29, 0.717) is 0 Å². The summed E-state index contributed by atoms with van der Waals surface area (Å²) in [6.45, 7) is 1.76. The van der Waals surface area contributed by atoms with Crippen molar-refractivity contribution in [2.45, 2.75) is 6.92 Å². The lowest BCUT2D eigenvalue weighted by Gasteiger charge is -1.92. The zero-order valence-corrected chi connectivity index (χ0v) is 6.07. The molecular formula is C6H5ClO3. The monoisotopic (exact) mass is 160 g/mol. The number of hydrogen-bond acceptors (Lipinski definition) is 3. The summed E-state index contributed by atoms with van der Waals surface area (Å²) in [5.74, 6) is -0.0499. The third-order valence-corrected chi connectivity index (χ3v) is 0.716. The van der Waals surface area contributed by atoms with Crippen molar-refractivity contribution in [1.82, 2.24) is 0 Å². The Labute approximate surface area is 63.3 Å². The molecule has 10 heavy (non-hydrogen) atoms. The molecule has 0 radical (unpaired) electrons. The highest BCUT2D eigenvalue weighted by Gasteiger charge is 2.10. The van der Waals surface area contributed by atoms with Crippen LogP contribution in [0.2, 0.25) is 0 Å². The van der Waals surface area contributed by atoms with E-state index in [4.69, 9.17) is 11.6 Å². The predicted octanol–water partition coefficient (Wildman–Crippen LogP) is 0.318. The van der Waals surface area contributed by atoms with Gasteiger partial charge >= 0.3 is 11.8 Å². The lowest BCUT2D eigenvalue weighted by Crippen LogP contribution is -2.14. The van der Waals surface area contributed by atoms with E-state index in [0.717, 1.165) is 0 Å². The SMILES string of the molecule is CCOC(=O)C(=O)C#CCl. The molecule has 0 heterocycles. The van der Waals surface area contributed by atoms with Crippen molar-refractivity contribution in [3.63, 3.8) is 0 Å². The van der Waals surface area contributed by atoms with Crippen LogP contribution in [-0.2, 0) is 14.3 Å². The second-order valence-corrected chi connectivity index (χ2v) is 1.46. The van der Waals surface area contributed by atoms with Gasteiger partial charge in [0, 0.05) is 11.3 Å². The lowest BCUT2D eigenvalue weighted by molar-refractivity contribution is -0.150. The fourth-order valence-corrected chi connectivity index (χ4v) is 0.376. The van der Waals surface area contributed by atoms with Crippen LogP contribution in [0.15, 0.2) is 0 Å². The lowest BCUT2D eigenvalue weighted by atomic mass is 10.4. The molecule has 0 rings (SSSR count). The van der Waals surface area contributed by atoms with Gasteiger partial charge < -0.3 is 4.74 Å². The first kappa shape index (κ1) is 8.99. The van der Waals surface area contributed by atoms with Crippen LogP contribution in [0.5, 0.6) is 0 Å². The molecule has 54 valence electrons. The molecule has 0 atom stereocenters. The minimum absolute atomic E-state index is 0.161. The quantitative estimate of drug-likeness (QED) is 0.332. The van der Waals surface area contributed by atoms with Gasteiger partial charge in [-0.15, -0.1) is 0 Å². The van der Waals surface area contributed by atoms with Crippen LogP contribution >= 0.6 is 11.6 Å². The molecular weight excluding hydrogens is 156 g/mol. The van der Waals surface area contributed by atoms with E-state index in [2.05, 4.69) is 4.74 Å². The maximum absolute atomic E-state index is 10.4. The third-order valence-electron chi connectivity index (χ3n) is 0.622. The molecule has 0 amide bonds. The van der Waals surface area contributed by atoms with Gasteiger partial charge in [0.05, 0.1) is 6.61 Å². The van der Waals surface area contributed by atoms with E-state index in [-0.39, 0.29) is 6.61 Å². The Morgan fingerprint density at radius 3 is 2.60 bits per heavy atom. The van der Waals surface area contributed by atoms with Gasteiger partial charge in [-0.3, -0.25) is 4.79 Å². The number of halogens is 1. The van der Waals surface area contributed by atoms with Crippen LogP contribution in [0.3, 0.4) is 0 Å². The maximum Gasteiger partial charge on any atom is 0.388 e. The van der Waals surface area contributed by atoms with Gasteiger partial charge in [0.15, 0.2) is 0 Å². The molecule has 3 nitrogen and oxygen atoms in total. The number of rotatable bonds is 2. The highest BCUT2D eigenvalue weighted by Crippen LogP contribution is 1.79. The average molecular weight is 161 g/mol. The molecule has 4 heteroatoms. The van der Waals surface area contributed by atoms with Crippen molar-refractivity contribution in [3.8, 4) is 11.3 Å². The van der Waals surface area contributed by atoms with Crippen molar-refractivity contribution >= 4 is 23.4 Å². The molecule has 0 aromatic carbocycles. The summed E-state index contributed by atoms with van der Waals surface area (Å²) in [6, 6.07) is 0. The maximum atomic E-state index is 10.4. The van der Waals surface area contributed by atoms with Gasteiger partial charge in [-0.25, -0.2) is 4.79 Å². The Kier molecular flexibility index (Phi) is 4.34. The first-order valence-corrected chi connectivity index (χ1v) is 2.93. The number of ketones is 1. The average Bonchev–Trinajstić information content (AvgIpc) is 1.89. The van der Waals surface area contributed by atoms with Crippen molar-refractivity contribution in [2.24, 2.45) is 0 Å². The Hall–Kier alpha value is -1.01. The van der Waals surface area contributed by atoms with Crippen LogP contribution in [0.4, 0.5) is 0 Å². The summed E-state index contributed by atoms with van der Waals surface area (Å²) < 4.78 is 4.31. The first-order valence-electron chi connectivity index (χ1n) is 2.55. The number of esters is 1. The van der Waals surface area contributed by atoms with Crippen molar-refractivity contribution in [1.29, 1.82) is 0 Å². The predicted molar refractivity (Wildman–Crippen MR) is 35.3 cm³/mol. The normalized spacial score (nSPS) is 7.40.